The van der Waals surface area contributed by atoms with Gasteiger partial charge in [0.15, 0.2) is 0 Å². The quantitative estimate of drug-likeness (QED) is 0.783. The maximum Gasteiger partial charge on any atom is 0.278 e. The number of likely N-dealkylation sites (tertiary alicyclic amines) is 1. The van der Waals surface area contributed by atoms with Crippen LogP contribution in [0.1, 0.15) is 12.2 Å². The highest BCUT2D eigenvalue weighted by Crippen LogP contribution is 2.24. The Hall–Kier alpha value is -2.83. The smallest absolute Gasteiger partial charge is 0.278 e. The van der Waals surface area contributed by atoms with E-state index in [1.54, 1.807) is 35.6 Å². The lowest BCUT2D eigenvalue weighted by atomic mass is 10.3. The first kappa shape index (κ1) is 15.1. The second-order valence-corrected chi connectivity index (χ2v) is 5.03. The Morgan fingerprint density at radius 3 is 2.96 bits per heavy atom. The zero-order chi connectivity index (χ0) is 16.1. The fourth-order valence-corrected chi connectivity index (χ4v) is 2.36. The van der Waals surface area contributed by atoms with E-state index in [0.29, 0.717) is 30.6 Å². The molecule has 1 fully saturated rings. The second kappa shape index (κ2) is 6.95. The molecule has 2 aromatic rings. The van der Waals surface area contributed by atoms with Gasteiger partial charge >= 0.3 is 0 Å². The van der Waals surface area contributed by atoms with Gasteiger partial charge in [0.1, 0.15) is 11.9 Å². The van der Waals surface area contributed by atoms with Crippen LogP contribution in [0.2, 0.25) is 0 Å². The monoisotopic (exact) mass is 315 g/mol. The van der Waals surface area contributed by atoms with Crippen LogP contribution in [0.15, 0.2) is 41.3 Å². The summed E-state index contributed by atoms with van der Waals surface area (Å²) in [7, 11) is 1.51. The zero-order valence-electron chi connectivity index (χ0n) is 12.7. The minimum Gasteiger partial charge on any atom is -0.477 e. The first-order valence-electron chi connectivity index (χ1n) is 7.28. The van der Waals surface area contributed by atoms with E-state index in [1.165, 1.54) is 19.4 Å². The Bertz CT molecular complexity index is 684. The molecule has 0 spiro atoms. The number of hydrogen-bond donors (Lipinski definition) is 0. The number of hydrogen-bond acceptors (Lipinski definition) is 6. The lowest BCUT2D eigenvalue weighted by molar-refractivity contribution is -0.125. The summed E-state index contributed by atoms with van der Waals surface area (Å²) in [4.78, 5) is 22.0. The molecule has 0 N–H and O–H groups in total. The molecule has 0 aromatic carbocycles. The van der Waals surface area contributed by atoms with Crippen LogP contribution in [-0.2, 0) is 4.79 Å². The second-order valence-electron chi connectivity index (χ2n) is 5.03. The first-order chi connectivity index (χ1) is 11.3. The molecule has 0 saturated carbocycles. The number of carbonyl (C=O) groups excluding carboxylic acids is 1. The molecule has 7 nitrogen and oxygen atoms in total. The Morgan fingerprint density at radius 2 is 2.22 bits per heavy atom. The van der Waals surface area contributed by atoms with Gasteiger partial charge in [-0.2, -0.15) is 0 Å². The maximum atomic E-state index is 12.2. The molecule has 1 saturated heterocycles. The summed E-state index contributed by atoms with van der Waals surface area (Å²) in [5, 5.41) is 0. The SMILES string of the molecule is COc1nccnc1O[C@H]1CCN(C(=O)/C=C/c2ccco2)C1. The van der Waals surface area contributed by atoms with Gasteiger partial charge in [-0.15, -0.1) is 0 Å². The van der Waals surface area contributed by atoms with Gasteiger partial charge in [0.05, 0.1) is 19.9 Å². The number of amides is 1. The highest BCUT2D eigenvalue weighted by atomic mass is 16.5. The normalized spacial score (nSPS) is 17.6. The molecule has 1 aliphatic rings. The van der Waals surface area contributed by atoms with E-state index in [2.05, 4.69) is 9.97 Å². The molecule has 1 atom stereocenters. The lowest BCUT2D eigenvalue weighted by Crippen LogP contribution is -2.29. The van der Waals surface area contributed by atoms with Crippen LogP contribution in [0, 0.1) is 0 Å². The summed E-state index contributed by atoms with van der Waals surface area (Å²) < 4.78 is 16.1. The summed E-state index contributed by atoms with van der Waals surface area (Å²) in [6.07, 6.45) is 8.42. The van der Waals surface area contributed by atoms with Crippen LogP contribution in [0.3, 0.4) is 0 Å². The van der Waals surface area contributed by atoms with Crippen molar-refractivity contribution in [2.45, 2.75) is 12.5 Å². The van der Waals surface area contributed by atoms with Gasteiger partial charge in [-0.25, -0.2) is 9.97 Å². The predicted octanol–water partition coefficient (Wildman–Crippen LogP) is 1.77. The van der Waals surface area contributed by atoms with E-state index in [4.69, 9.17) is 13.9 Å². The highest BCUT2D eigenvalue weighted by Gasteiger charge is 2.27. The number of nitrogens with zero attached hydrogens (tertiary/aromatic N) is 3. The standard InChI is InChI=1S/C16H17N3O4/c1-21-15-16(18-8-7-17-15)23-13-6-9-19(11-13)14(20)5-4-12-3-2-10-22-12/h2-5,7-8,10,13H,6,9,11H2,1H3/b5-4+/t13-/m0/s1. The topological polar surface area (TPSA) is 77.7 Å². The van der Waals surface area contributed by atoms with E-state index in [-0.39, 0.29) is 12.0 Å². The average molecular weight is 315 g/mol. The molecule has 3 heterocycles. The molecule has 3 rings (SSSR count). The number of rotatable bonds is 5. The van der Waals surface area contributed by atoms with Gasteiger partial charge in [0.25, 0.3) is 11.8 Å². The van der Waals surface area contributed by atoms with E-state index < -0.39 is 0 Å². The molecule has 120 valence electrons. The Labute approximate surface area is 133 Å². The van der Waals surface area contributed by atoms with Crippen LogP contribution < -0.4 is 9.47 Å². The van der Waals surface area contributed by atoms with E-state index in [9.17, 15) is 4.79 Å². The van der Waals surface area contributed by atoms with Crippen LogP contribution >= 0.6 is 0 Å². The lowest BCUT2D eigenvalue weighted by Gasteiger charge is -2.15. The molecule has 0 unspecified atom stereocenters. The van der Waals surface area contributed by atoms with Crippen molar-refractivity contribution in [1.82, 2.24) is 14.9 Å². The van der Waals surface area contributed by atoms with Crippen molar-refractivity contribution in [2.75, 3.05) is 20.2 Å². The largest absolute Gasteiger partial charge is 0.477 e. The molecule has 23 heavy (non-hydrogen) atoms. The van der Waals surface area contributed by atoms with E-state index in [0.717, 1.165) is 6.42 Å². The summed E-state index contributed by atoms with van der Waals surface area (Å²) in [5.74, 6) is 1.27. The van der Waals surface area contributed by atoms with Gasteiger partial charge < -0.3 is 18.8 Å². The highest BCUT2D eigenvalue weighted by molar-refractivity contribution is 5.91. The molecule has 1 aliphatic heterocycles. The number of aromatic nitrogens is 2. The van der Waals surface area contributed by atoms with Crippen molar-refractivity contribution < 1.29 is 18.7 Å². The predicted molar refractivity (Wildman–Crippen MR) is 81.9 cm³/mol. The van der Waals surface area contributed by atoms with E-state index >= 15 is 0 Å². The number of furan rings is 1. The molecule has 0 bridgehead atoms. The fraction of sp³-hybridized carbons (Fsp3) is 0.312. The Morgan fingerprint density at radius 1 is 1.39 bits per heavy atom. The van der Waals surface area contributed by atoms with Crippen LogP contribution in [0.25, 0.3) is 6.08 Å². The van der Waals surface area contributed by atoms with Gasteiger partial charge in [-0.1, -0.05) is 0 Å². The Balaban J connectivity index is 1.57. The van der Waals surface area contributed by atoms with Crippen molar-refractivity contribution in [3.8, 4) is 11.8 Å². The number of ether oxygens (including phenoxy) is 2. The zero-order valence-corrected chi connectivity index (χ0v) is 12.7. The van der Waals surface area contributed by atoms with Crippen molar-refractivity contribution >= 4 is 12.0 Å². The van der Waals surface area contributed by atoms with Crippen molar-refractivity contribution in [3.05, 3.63) is 42.6 Å². The first-order valence-corrected chi connectivity index (χ1v) is 7.28. The van der Waals surface area contributed by atoms with E-state index in [1.807, 2.05) is 0 Å². The summed E-state index contributed by atoms with van der Waals surface area (Å²) >= 11 is 0. The Kier molecular flexibility index (Phi) is 4.56. The van der Waals surface area contributed by atoms with Crippen molar-refractivity contribution in [1.29, 1.82) is 0 Å². The molecular formula is C16H17N3O4. The van der Waals surface area contributed by atoms with Gasteiger partial charge in [0.2, 0.25) is 5.91 Å². The minimum absolute atomic E-state index is 0.0707. The van der Waals surface area contributed by atoms with Crippen molar-refractivity contribution in [2.24, 2.45) is 0 Å². The third-order valence-corrected chi connectivity index (χ3v) is 3.49. The van der Waals surface area contributed by atoms with Crippen molar-refractivity contribution in [3.63, 3.8) is 0 Å². The summed E-state index contributed by atoms with van der Waals surface area (Å²) in [6, 6.07) is 3.57. The fourth-order valence-electron chi connectivity index (χ4n) is 2.36. The van der Waals surface area contributed by atoms with Crippen LogP contribution in [-0.4, -0.2) is 47.1 Å². The molecule has 0 radical (unpaired) electrons. The summed E-state index contributed by atoms with van der Waals surface area (Å²) in [5.41, 5.74) is 0. The van der Waals surface area contributed by atoms with Gasteiger partial charge in [0, 0.05) is 31.4 Å². The summed E-state index contributed by atoms with van der Waals surface area (Å²) in [6.45, 7) is 1.13. The molecule has 7 heteroatoms. The van der Waals surface area contributed by atoms with Gasteiger partial charge in [-0.05, 0) is 18.2 Å². The third kappa shape index (κ3) is 3.68. The molecule has 1 amide bonds. The molecular weight excluding hydrogens is 298 g/mol. The van der Waals surface area contributed by atoms with Crippen LogP contribution in [0.5, 0.6) is 11.8 Å². The number of carbonyl (C=O) groups is 1. The molecule has 0 aliphatic carbocycles. The number of methoxy groups -OCH3 is 1. The van der Waals surface area contributed by atoms with Gasteiger partial charge in [-0.3, -0.25) is 4.79 Å². The minimum atomic E-state index is -0.124. The average Bonchev–Trinajstić information content (AvgIpc) is 3.25. The maximum absolute atomic E-state index is 12.2. The van der Waals surface area contributed by atoms with Crippen LogP contribution in [0.4, 0.5) is 0 Å². The third-order valence-electron chi connectivity index (χ3n) is 3.49. The molecule has 2 aromatic heterocycles.